The number of fused-ring (bicyclic) bond motifs is 2. The SMILES string of the molecule is C[C@H]1[C@H]([Si](C)(C)F)[C@@H](CC(=O)N2CCC[C@H]2CO)O[C@]12C(=O)N(c1ccccc1)c1ccc(N3CCCC3=O)cc12. The van der Waals surface area contributed by atoms with Gasteiger partial charge in [0.05, 0.1) is 30.9 Å². The number of hydrogen-bond acceptors (Lipinski definition) is 5. The molecule has 0 aromatic heterocycles. The molecule has 4 aliphatic heterocycles. The van der Waals surface area contributed by atoms with Crippen LogP contribution in [0.2, 0.25) is 18.6 Å². The van der Waals surface area contributed by atoms with Crippen molar-refractivity contribution in [2.45, 2.75) is 75.4 Å². The van der Waals surface area contributed by atoms with E-state index < -0.39 is 31.6 Å². The smallest absolute Gasteiger partial charge is 0.268 e. The molecule has 2 aromatic rings. The standard InChI is InChI=1S/C31H38FN3O5Si/c1-20-29(41(2,3)32)26(18-28(38)34-15-7-11-23(34)19-36)40-31(20)24-17-22(33-16-8-12-27(33)37)13-14-25(24)35(30(31)39)21-9-5-4-6-10-21/h4-6,9-10,13-14,17,20,23,26,29,36H,7-8,11-12,15-16,18-19H2,1-3H3/t20-,23-,26+,29-,31+/m0/s1. The molecule has 3 fully saturated rings. The molecule has 1 N–H and O–H groups in total. The van der Waals surface area contributed by atoms with Gasteiger partial charge in [0, 0.05) is 47.9 Å². The predicted octanol–water partition coefficient (Wildman–Crippen LogP) is 4.64. The number of benzene rings is 2. The number of amides is 3. The lowest BCUT2D eigenvalue weighted by Gasteiger charge is -2.31. The number of carbonyl (C=O) groups is 3. The second-order valence-corrected chi connectivity index (χ2v) is 16.2. The summed E-state index contributed by atoms with van der Waals surface area (Å²) in [6.07, 6.45) is 1.94. The average molecular weight is 580 g/mol. The van der Waals surface area contributed by atoms with Gasteiger partial charge in [-0.05, 0) is 62.7 Å². The van der Waals surface area contributed by atoms with Crippen molar-refractivity contribution in [3.05, 3.63) is 54.1 Å². The molecule has 4 aliphatic rings. The summed E-state index contributed by atoms with van der Waals surface area (Å²) in [6.45, 7) is 6.16. The number of anilines is 3. The molecule has 3 saturated heterocycles. The van der Waals surface area contributed by atoms with Gasteiger partial charge in [-0.3, -0.25) is 19.3 Å². The van der Waals surface area contributed by atoms with Crippen LogP contribution in [-0.2, 0) is 24.7 Å². The van der Waals surface area contributed by atoms with Crippen LogP contribution in [-0.4, -0.2) is 68.0 Å². The molecular formula is C31H38FN3O5Si. The Bertz CT molecular complexity index is 1370. The van der Waals surface area contributed by atoms with Gasteiger partial charge in [0.1, 0.15) is 0 Å². The molecule has 1 spiro atoms. The van der Waals surface area contributed by atoms with E-state index in [2.05, 4.69) is 0 Å². The van der Waals surface area contributed by atoms with E-state index >= 15 is 4.11 Å². The van der Waals surface area contributed by atoms with Crippen molar-refractivity contribution < 1.29 is 28.3 Å². The van der Waals surface area contributed by atoms with Crippen molar-refractivity contribution in [3.8, 4) is 0 Å². The highest BCUT2D eigenvalue weighted by Crippen LogP contribution is 2.61. The van der Waals surface area contributed by atoms with Crippen LogP contribution in [0.3, 0.4) is 0 Å². The number of likely N-dealkylation sites (tertiary alicyclic amines) is 1. The number of hydrogen-bond donors (Lipinski definition) is 1. The van der Waals surface area contributed by atoms with Gasteiger partial charge in [-0.25, -0.2) is 0 Å². The fourth-order valence-corrected chi connectivity index (χ4v) is 10.2. The molecule has 4 heterocycles. The van der Waals surface area contributed by atoms with Crippen LogP contribution >= 0.6 is 0 Å². The molecule has 0 radical (unpaired) electrons. The second-order valence-electron chi connectivity index (χ2n) is 12.4. The lowest BCUT2D eigenvalue weighted by Crippen LogP contribution is -2.44. The first-order valence-corrected chi connectivity index (χ1v) is 17.6. The zero-order valence-corrected chi connectivity index (χ0v) is 24.9. The zero-order chi connectivity index (χ0) is 29.1. The predicted molar refractivity (Wildman–Crippen MR) is 156 cm³/mol. The Balaban J connectivity index is 1.46. The summed E-state index contributed by atoms with van der Waals surface area (Å²) >= 11 is 0. The van der Waals surface area contributed by atoms with E-state index in [4.69, 9.17) is 4.74 Å². The van der Waals surface area contributed by atoms with E-state index in [0.717, 1.165) is 19.3 Å². The maximum absolute atomic E-state index is 16.2. The summed E-state index contributed by atoms with van der Waals surface area (Å²) in [5.74, 6) is -1.00. The summed E-state index contributed by atoms with van der Waals surface area (Å²) in [4.78, 5) is 45.9. The van der Waals surface area contributed by atoms with Crippen molar-refractivity contribution >= 4 is 43.2 Å². The van der Waals surface area contributed by atoms with E-state index in [1.165, 1.54) is 0 Å². The first-order valence-electron chi connectivity index (χ1n) is 14.7. The Labute approximate surface area is 241 Å². The Morgan fingerprint density at radius 2 is 1.85 bits per heavy atom. The van der Waals surface area contributed by atoms with Crippen LogP contribution in [0.1, 0.15) is 44.6 Å². The third kappa shape index (κ3) is 4.42. The molecular weight excluding hydrogens is 541 g/mol. The number of carbonyl (C=O) groups excluding carboxylic acids is 3. The summed E-state index contributed by atoms with van der Waals surface area (Å²) in [7, 11) is -3.46. The first kappa shape index (κ1) is 28.1. The highest BCUT2D eigenvalue weighted by Gasteiger charge is 2.67. The number of rotatable bonds is 6. The Hall–Kier alpha value is -3.08. The third-order valence-electron chi connectivity index (χ3n) is 9.54. The maximum atomic E-state index is 16.2. The molecule has 0 aliphatic carbocycles. The molecule has 5 atom stereocenters. The summed E-state index contributed by atoms with van der Waals surface area (Å²) in [5.41, 5.74) is 0.506. The van der Waals surface area contributed by atoms with Gasteiger partial charge < -0.3 is 23.8 Å². The van der Waals surface area contributed by atoms with Gasteiger partial charge in [0.25, 0.3) is 5.91 Å². The number of ether oxygens (including phenoxy) is 1. The van der Waals surface area contributed by atoms with Crippen LogP contribution < -0.4 is 9.80 Å². The van der Waals surface area contributed by atoms with E-state index in [0.29, 0.717) is 42.1 Å². The van der Waals surface area contributed by atoms with Gasteiger partial charge in [-0.1, -0.05) is 25.1 Å². The van der Waals surface area contributed by atoms with Crippen molar-refractivity contribution in [2.75, 3.05) is 29.5 Å². The largest absolute Gasteiger partial charge is 0.394 e. The maximum Gasteiger partial charge on any atom is 0.268 e. The normalized spacial score (nSPS) is 29.7. The fraction of sp³-hybridized carbons (Fsp3) is 0.516. The lowest BCUT2D eigenvalue weighted by atomic mass is 9.82. The van der Waals surface area contributed by atoms with Crippen molar-refractivity contribution in [2.24, 2.45) is 5.92 Å². The molecule has 2 aromatic carbocycles. The molecule has 3 amide bonds. The summed E-state index contributed by atoms with van der Waals surface area (Å²) in [6, 6.07) is 14.6. The zero-order valence-electron chi connectivity index (χ0n) is 23.9. The second kappa shape index (κ2) is 10.3. The third-order valence-corrected chi connectivity index (χ3v) is 12.0. The Morgan fingerprint density at radius 1 is 1.10 bits per heavy atom. The molecule has 10 heteroatoms. The topological polar surface area (TPSA) is 90.4 Å². The fourth-order valence-electron chi connectivity index (χ4n) is 7.73. The van der Waals surface area contributed by atoms with Gasteiger partial charge in [-0.2, -0.15) is 0 Å². The molecule has 0 bridgehead atoms. The minimum Gasteiger partial charge on any atom is -0.394 e. The Morgan fingerprint density at radius 3 is 2.51 bits per heavy atom. The van der Waals surface area contributed by atoms with Crippen molar-refractivity contribution in [1.29, 1.82) is 0 Å². The lowest BCUT2D eigenvalue weighted by molar-refractivity contribution is -0.149. The minimum atomic E-state index is -3.46. The summed E-state index contributed by atoms with van der Waals surface area (Å²) in [5, 5.41) is 9.80. The Kier molecular flexibility index (Phi) is 7.06. The number of halogens is 1. The minimum absolute atomic E-state index is 0.0336. The van der Waals surface area contributed by atoms with Crippen LogP contribution in [0.25, 0.3) is 0 Å². The van der Waals surface area contributed by atoms with Crippen LogP contribution in [0.15, 0.2) is 48.5 Å². The molecule has 8 nitrogen and oxygen atoms in total. The van der Waals surface area contributed by atoms with Gasteiger partial charge in [0.15, 0.2) is 5.60 Å². The van der Waals surface area contributed by atoms with Gasteiger partial charge in [-0.15, -0.1) is 0 Å². The van der Waals surface area contributed by atoms with Crippen LogP contribution in [0.5, 0.6) is 0 Å². The van der Waals surface area contributed by atoms with E-state index in [1.807, 2.05) is 55.5 Å². The van der Waals surface area contributed by atoms with E-state index in [-0.39, 0.29) is 36.8 Å². The van der Waals surface area contributed by atoms with E-state index in [1.54, 1.807) is 27.8 Å². The molecule has 0 unspecified atom stereocenters. The van der Waals surface area contributed by atoms with Gasteiger partial charge in [0.2, 0.25) is 20.2 Å². The highest BCUT2D eigenvalue weighted by atomic mass is 28.4. The molecule has 6 rings (SSSR count). The molecule has 41 heavy (non-hydrogen) atoms. The average Bonchev–Trinajstić information content (AvgIpc) is 3.70. The van der Waals surface area contributed by atoms with E-state index in [9.17, 15) is 19.5 Å². The van der Waals surface area contributed by atoms with Gasteiger partial charge >= 0.3 is 0 Å². The number of aliphatic hydroxyl groups excluding tert-OH is 1. The highest BCUT2D eigenvalue weighted by molar-refractivity contribution is 6.72. The van der Waals surface area contributed by atoms with Crippen LogP contribution in [0, 0.1) is 5.92 Å². The van der Waals surface area contributed by atoms with Crippen molar-refractivity contribution in [1.82, 2.24) is 4.90 Å². The number of aliphatic hydroxyl groups is 1. The summed E-state index contributed by atoms with van der Waals surface area (Å²) < 4.78 is 23.0. The molecule has 0 saturated carbocycles. The molecule has 218 valence electrons. The first-order chi connectivity index (χ1) is 19.6. The van der Waals surface area contributed by atoms with Crippen LogP contribution in [0.4, 0.5) is 21.2 Å². The number of nitrogens with zero attached hydrogens (tertiary/aromatic N) is 3. The quantitative estimate of drug-likeness (QED) is 0.398. The van der Waals surface area contributed by atoms with Crippen molar-refractivity contribution in [3.63, 3.8) is 0 Å². The monoisotopic (exact) mass is 579 g/mol. The number of para-hydroxylation sites is 1.